The lowest BCUT2D eigenvalue weighted by Gasteiger charge is -2.46. The van der Waals surface area contributed by atoms with Crippen molar-refractivity contribution in [2.24, 2.45) is 17.6 Å². The van der Waals surface area contributed by atoms with Crippen LogP contribution in [0.2, 0.25) is 0 Å². The van der Waals surface area contributed by atoms with Crippen molar-refractivity contribution in [3.05, 3.63) is 39.7 Å². The highest BCUT2D eigenvalue weighted by molar-refractivity contribution is 6.22. The quantitative estimate of drug-likeness (QED) is 0.325. The number of rotatable bonds is 3. The predicted molar refractivity (Wildman–Crippen MR) is 111 cm³/mol. The zero-order valence-electron chi connectivity index (χ0n) is 17.4. The van der Waals surface area contributed by atoms with Crippen LogP contribution in [0.15, 0.2) is 23.0 Å². The first-order valence-corrected chi connectivity index (χ1v) is 9.93. The summed E-state index contributed by atoms with van der Waals surface area (Å²) in [5.41, 5.74) is 2.31. The number of primary amides is 1. The first kappa shape index (κ1) is 21.6. The number of benzene rings is 1. The smallest absolute Gasteiger partial charge is 0.255 e. The lowest BCUT2D eigenvalue weighted by molar-refractivity contribution is -0.147. The topological polar surface area (TPSA) is 178 Å². The van der Waals surface area contributed by atoms with Crippen LogP contribution in [0.5, 0.6) is 5.75 Å². The monoisotopic (exact) mass is 442 g/mol. The third-order valence-corrected chi connectivity index (χ3v) is 6.68. The molecule has 0 saturated heterocycles. The Morgan fingerprint density at radius 3 is 2.44 bits per heavy atom. The molecule has 3 aliphatic carbocycles. The number of Topliss-reactive ketones (excluding diaryl/α,β-unsaturated/α-hetero) is 2. The lowest BCUT2D eigenvalue weighted by Crippen LogP contribution is -2.58. The van der Waals surface area contributed by atoms with Crippen molar-refractivity contribution in [1.82, 2.24) is 0 Å². The number of aliphatic hydroxyl groups excluding tert-OH is 2. The van der Waals surface area contributed by atoms with E-state index in [0.717, 1.165) is 0 Å². The van der Waals surface area contributed by atoms with E-state index in [9.17, 15) is 39.6 Å². The van der Waals surface area contributed by atoms with Gasteiger partial charge >= 0.3 is 0 Å². The van der Waals surface area contributed by atoms with Crippen molar-refractivity contribution in [1.29, 1.82) is 0 Å². The van der Waals surface area contributed by atoms with E-state index in [1.54, 1.807) is 19.0 Å². The summed E-state index contributed by atoms with van der Waals surface area (Å²) in [4.78, 5) is 50.6. The molecule has 0 aromatic heterocycles. The number of phenolic OH excluding ortho intramolecular Hbond substituents is 1. The number of aliphatic hydroxyl groups is 3. The molecule has 1 amide bonds. The van der Waals surface area contributed by atoms with Gasteiger partial charge in [-0.3, -0.25) is 19.2 Å². The number of phenols is 1. The number of hydrogen-bond acceptors (Lipinski definition) is 9. The van der Waals surface area contributed by atoms with E-state index >= 15 is 0 Å². The van der Waals surface area contributed by atoms with Crippen LogP contribution in [0.4, 0.5) is 5.69 Å². The third-order valence-electron chi connectivity index (χ3n) is 6.68. The molecule has 3 aliphatic rings. The van der Waals surface area contributed by atoms with Gasteiger partial charge in [-0.25, -0.2) is 0 Å². The maximum Gasteiger partial charge on any atom is 0.255 e. The molecule has 0 radical (unpaired) electrons. The first-order valence-electron chi connectivity index (χ1n) is 9.93. The molecule has 1 saturated carbocycles. The molecule has 10 heteroatoms. The summed E-state index contributed by atoms with van der Waals surface area (Å²) in [6.07, 6.45) is 0.262. The Kier molecular flexibility index (Phi) is 4.67. The number of hydrogen-bond donors (Lipinski definition) is 5. The van der Waals surface area contributed by atoms with Crippen molar-refractivity contribution in [3.8, 4) is 5.75 Å². The van der Waals surface area contributed by atoms with Gasteiger partial charge in [-0.05, 0) is 30.4 Å². The van der Waals surface area contributed by atoms with Crippen LogP contribution in [0.25, 0.3) is 5.76 Å². The molecule has 0 heterocycles. The van der Waals surface area contributed by atoms with Crippen molar-refractivity contribution in [2.45, 2.75) is 24.9 Å². The number of anilines is 1. The van der Waals surface area contributed by atoms with E-state index in [2.05, 4.69) is 0 Å². The second kappa shape index (κ2) is 6.92. The van der Waals surface area contributed by atoms with Gasteiger partial charge in [0.25, 0.3) is 5.91 Å². The Morgan fingerprint density at radius 2 is 1.88 bits per heavy atom. The van der Waals surface area contributed by atoms with Gasteiger partial charge in [-0.1, -0.05) is 0 Å². The largest absolute Gasteiger partial charge is 0.508 e. The van der Waals surface area contributed by atoms with Gasteiger partial charge in [-0.2, -0.15) is 0 Å². The molecule has 3 atom stereocenters. The molecule has 168 valence electrons. The van der Waals surface area contributed by atoms with Crippen LogP contribution in [0.3, 0.4) is 0 Å². The summed E-state index contributed by atoms with van der Waals surface area (Å²) < 4.78 is 0. The summed E-state index contributed by atoms with van der Waals surface area (Å²) in [7, 11) is 3.44. The van der Waals surface area contributed by atoms with Crippen LogP contribution < -0.4 is 10.6 Å². The predicted octanol–water partition coefficient (Wildman–Crippen LogP) is 0.302. The minimum absolute atomic E-state index is 0.0476. The van der Waals surface area contributed by atoms with Crippen LogP contribution in [0, 0.1) is 11.8 Å². The fourth-order valence-corrected chi connectivity index (χ4v) is 5.18. The average Bonchev–Trinajstić information content (AvgIpc) is 2.70. The number of fused-ring (bicyclic) bond motifs is 3. The van der Waals surface area contributed by atoms with Gasteiger partial charge < -0.3 is 31.1 Å². The van der Waals surface area contributed by atoms with Gasteiger partial charge in [0.05, 0.1) is 11.1 Å². The van der Waals surface area contributed by atoms with Crippen LogP contribution >= 0.6 is 0 Å². The molecule has 10 nitrogen and oxygen atoms in total. The molecule has 6 N–H and O–H groups in total. The summed E-state index contributed by atoms with van der Waals surface area (Å²) >= 11 is 0. The van der Waals surface area contributed by atoms with Crippen LogP contribution in [0.1, 0.15) is 34.3 Å². The van der Waals surface area contributed by atoms with Gasteiger partial charge in [0.2, 0.25) is 5.78 Å². The lowest BCUT2D eigenvalue weighted by atomic mass is 9.59. The normalized spacial score (nSPS) is 27.0. The number of carbonyl (C=O) groups is 4. The second-order valence-corrected chi connectivity index (χ2v) is 8.61. The van der Waals surface area contributed by atoms with Gasteiger partial charge in [0, 0.05) is 37.7 Å². The zero-order chi connectivity index (χ0) is 23.7. The molecule has 0 aliphatic heterocycles. The van der Waals surface area contributed by atoms with E-state index in [1.807, 2.05) is 0 Å². The number of ketones is 2. The number of nitrogens with zero attached hydrogens (tertiary/aromatic N) is 1. The molecule has 1 aromatic rings. The highest BCUT2D eigenvalue weighted by Gasteiger charge is 2.60. The Labute approximate surface area is 182 Å². The van der Waals surface area contributed by atoms with E-state index in [4.69, 9.17) is 5.73 Å². The van der Waals surface area contributed by atoms with Gasteiger partial charge in [-0.15, -0.1) is 0 Å². The minimum Gasteiger partial charge on any atom is -0.508 e. The van der Waals surface area contributed by atoms with Gasteiger partial charge in [0.1, 0.15) is 22.8 Å². The summed E-state index contributed by atoms with van der Waals surface area (Å²) in [6, 6.07) is 1.47. The van der Waals surface area contributed by atoms with Crippen molar-refractivity contribution in [2.75, 3.05) is 19.0 Å². The Hall–Kier alpha value is -3.66. The number of amides is 1. The number of aldehydes is 1. The van der Waals surface area contributed by atoms with E-state index in [1.165, 1.54) is 6.07 Å². The number of nitrogens with two attached hydrogens (primary N) is 1. The molecule has 32 heavy (non-hydrogen) atoms. The molecule has 1 fully saturated rings. The fraction of sp³-hybridized carbons (Fsp3) is 0.364. The SMILES string of the molecule is CN(C)c1cc(C=O)c(O)c2c1C[C@H]1C[C@H]3CC(=O)C(C(N)=O)=C(O)[C@@]3(O)C(=O)C1=C2O. The zero-order valence-corrected chi connectivity index (χ0v) is 17.4. The minimum atomic E-state index is -2.61. The maximum atomic E-state index is 13.4. The van der Waals surface area contributed by atoms with E-state index in [0.29, 0.717) is 17.5 Å². The molecule has 0 unspecified atom stereocenters. The molecule has 0 bridgehead atoms. The highest BCUT2D eigenvalue weighted by atomic mass is 16.3. The highest BCUT2D eigenvalue weighted by Crippen LogP contribution is 2.53. The molecule has 0 spiro atoms. The molecular weight excluding hydrogens is 420 g/mol. The molecule has 4 rings (SSSR count). The summed E-state index contributed by atoms with van der Waals surface area (Å²) in [6.45, 7) is 0. The van der Waals surface area contributed by atoms with Crippen molar-refractivity contribution >= 4 is 35.2 Å². The standard InChI is InChI=1S/C22H22N2O8/c1-24(2)12-5-9(7-25)17(27)15-11(12)4-8-3-10-6-13(26)16(21(23)31)20(30)22(10,32)19(29)14(8)18(15)28/h5,7-8,10,27-28,30,32H,3-4,6H2,1-2H3,(H2,23,31)/t8-,10+,22+/m1/s1. The van der Waals surface area contributed by atoms with E-state index < -0.39 is 57.8 Å². The fourth-order valence-electron chi connectivity index (χ4n) is 5.18. The van der Waals surface area contributed by atoms with Crippen molar-refractivity contribution < 1.29 is 39.6 Å². The van der Waals surface area contributed by atoms with Crippen LogP contribution in [-0.2, 0) is 20.8 Å². The summed E-state index contributed by atoms with van der Waals surface area (Å²) in [5.74, 6) is -7.03. The Balaban J connectivity index is 1.98. The summed E-state index contributed by atoms with van der Waals surface area (Å²) in [5, 5.41) is 43.4. The first-order chi connectivity index (χ1) is 14.9. The Bertz CT molecular complexity index is 1180. The number of carbonyl (C=O) groups excluding carboxylic acids is 4. The molecule has 1 aromatic carbocycles. The third kappa shape index (κ3) is 2.62. The number of aromatic hydroxyl groups is 1. The van der Waals surface area contributed by atoms with E-state index in [-0.39, 0.29) is 36.0 Å². The average molecular weight is 442 g/mol. The molecular formula is C22H22N2O8. The van der Waals surface area contributed by atoms with Gasteiger partial charge in [0.15, 0.2) is 17.7 Å². The second-order valence-electron chi connectivity index (χ2n) is 8.61. The Morgan fingerprint density at radius 1 is 1.22 bits per heavy atom. The maximum absolute atomic E-state index is 13.4. The van der Waals surface area contributed by atoms with Crippen LogP contribution in [-0.4, -0.2) is 63.9 Å². The van der Waals surface area contributed by atoms with Crippen molar-refractivity contribution in [3.63, 3.8) is 0 Å².